The van der Waals surface area contributed by atoms with Crippen LogP contribution in [0.1, 0.15) is 116 Å². The van der Waals surface area contributed by atoms with Gasteiger partial charge < -0.3 is 5.32 Å². The number of carbonyl (C=O) groups excluding carboxylic acids is 1. The number of nitrogens with one attached hydrogen (secondary N) is 1. The highest BCUT2D eigenvalue weighted by molar-refractivity contribution is 5.78. The molecule has 0 unspecified atom stereocenters. The van der Waals surface area contributed by atoms with E-state index in [1.54, 1.807) is 0 Å². The van der Waals surface area contributed by atoms with E-state index in [-0.39, 0.29) is 0 Å². The summed E-state index contributed by atoms with van der Waals surface area (Å²) < 4.78 is 0. The average Bonchev–Trinajstić information content (AvgIpc) is 2.65. The Balaban J connectivity index is 1.79. The fraction of sp³-hybridized carbons (Fsp3) is 0.952. The first-order valence-corrected chi connectivity index (χ1v) is 10.7. The lowest BCUT2D eigenvalue weighted by molar-refractivity contribution is -0.126. The predicted molar refractivity (Wildman–Crippen MR) is 98.5 cm³/mol. The molecule has 0 aromatic rings. The van der Waals surface area contributed by atoms with Crippen molar-refractivity contribution in [3.05, 3.63) is 0 Å². The highest BCUT2D eigenvalue weighted by Gasteiger charge is 2.21. The molecule has 23 heavy (non-hydrogen) atoms. The molecule has 0 heterocycles. The van der Waals surface area contributed by atoms with Crippen molar-refractivity contribution in [2.75, 3.05) is 0 Å². The second kappa shape index (κ2) is 11.9. The van der Waals surface area contributed by atoms with E-state index in [1.807, 2.05) is 0 Å². The first-order valence-electron chi connectivity index (χ1n) is 10.7. The first-order chi connectivity index (χ1) is 11.4. The van der Waals surface area contributed by atoms with Crippen molar-refractivity contribution in [3.63, 3.8) is 0 Å². The quantitative estimate of drug-likeness (QED) is 0.650. The lowest BCUT2D eigenvalue weighted by Crippen LogP contribution is -2.39. The molecule has 2 nitrogen and oxygen atoms in total. The minimum atomic E-state index is 0.297. The van der Waals surface area contributed by atoms with Crippen LogP contribution in [0.3, 0.4) is 0 Å². The zero-order chi connectivity index (χ0) is 16.2. The summed E-state index contributed by atoms with van der Waals surface area (Å²) in [6, 6.07) is 0.452. The van der Waals surface area contributed by atoms with Gasteiger partial charge in [0.1, 0.15) is 0 Å². The Morgan fingerprint density at radius 1 is 0.522 bits per heavy atom. The molecule has 134 valence electrons. The summed E-state index contributed by atoms with van der Waals surface area (Å²) in [7, 11) is 0. The normalized spacial score (nSPS) is 24.7. The van der Waals surface area contributed by atoms with Gasteiger partial charge in [0.15, 0.2) is 0 Å². The van der Waals surface area contributed by atoms with Crippen LogP contribution in [-0.2, 0) is 4.79 Å². The zero-order valence-electron chi connectivity index (χ0n) is 15.3. The van der Waals surface area contributed by atoms with Gasteiger partial charge in [0.25, 0.3) is 0 Å². The summed E-state index contributed by atoms with van der Waals surface area (Å²) in [5.41, 5.74) is 0. The Morgan fingerprint density at radius 2 is 0.870 bits per heavy atom. The molecule has 1 amide bonds. The summed E-state index contributed by atoms with van der Waals surface area (Å²) in [5, 5.41) is 3.45. The molecule has 0 aliphatic heterocycles. The fourth-order valence-corrected chi connectivity index (χ4v) is 4.34. The topological polar surface area (TPSA) is 29.1 Å². The fourth-order valence-electron chi connectivity index (χ4n) is 4.34. The first kappa shape index (κ1) is 18.8. The standard InChI is InChI=1S/C21H39NO/c23-21(19-15-11-7-5-6-8-12-16-19)22-20-17-13-9-3-1-2-4-10-14-18-20/h19-20H,1-18H2,(H,22,23). The predicted octanol–water partition coefficient (Wildman–Crippen LogP) is 6.14. The van der Waals surface area contributed by atoms with E-state index < -0.39 is 0 Å². The Hall–Kier alpha value is -0.530. The van der Waals surface area contributed by atoms with Gasteiger partial charge in [0.2, 0.25) is 5.91 Å². The third-order valence-electron chi connectivity index (χ3n) is 5.93. The smallest absolute Gasteiger partial charge is 0.223 e. The van der Waals surface area contributed by atoms with Crippen LogP contribution in [0.2, 0.25) is 0 Å². The van der Waals surface area contributed by atoms with Crippen molar-refractivity contribution in [2.24, 2.45) is 5.92 Å². The van der Waals surface area contributed by atoms with Crippen molar-refractivity contribution in [1.82, 2.24) is 5.32 Å². The van der Waals surface area contributed by atoms with Crippen LogP contribution in [0, 0.1) is 5.92 Å². The number of hydrogen-bond acceptors (Lipinski definition) is 1. The maximum absolute atomic E-state index is 12.8. The molecule has 2 aliphatic carbocycles. The Kier molecular flexibility index (Phi) is 9.75. The van der Waals surface area contributed by atoms with Gasteiger partial charge in [0.05, 0.1) is 0 Å². The van der Waals surface area contributed by atoms with Gasteiger partial charge >= 0.3 is 0 Å². The van der Waals surface area contributed by atoms with Gasteiger partial charge in [0, 0.05) is 12.0 Å². The lowest BCUT2D eigenvalue weighted by atomic mass is 9.94. The molecule has 0 atom stereocenters. The SMILES string of the molecule is O=C(NC1CCCCCCCCCC1)C1CCCCCCCC1. The average molecular weight is 322 g/mol. The largest absolute Gasteiger partial charge is 0.353 e. The van der Waals surface area contributed by atoms with Crippen LogP contribution in [0.5, 0.6) is 0 Å². The molecule has 2 rings (SSSR count). The second-order valence-electron chi connectivity index (χ2n) is 8.01. The minimum absolute atomic E-state index is 0.297. The van der Waals surface area contributed by atoms with Crippen molar-refractivity contribution in [2.45, 2.75) is 122 Å². The van der Waals surface area contributed by atoms with E-state index >= 15 is 0 Å². The maximum Gasteiger partial charge on any atom is 0.223 e. The second-order valence-corrected chi connectivity index (χ2v) is 8.01. The third-order valence-corrected chi connectivity index (χ3v) is 5.93. The molecule has 0 saturated heterocycles. The van der Waals surface area contributed by atoms with Crippen molar-refractivity contribution >= 4 is 5.91 Å². The molecule has 2 fully saturated rings. The molecule has 2 saturated carbocycles. The van der Waals surface area contributed by atoms with Gasteiger partial charge in [-0.3, -0.25) is 4.79 Å². The van der Waals surface area contributed by atoms with E-state index in [1.165, 1.54) is 103 Å². The Morgan fingerprint density at radius 3 is 1.30 bits per heavy atom. The molecule has 0 radical (unpaired) electrons. The molecule has 0 bridgehead atoms. The lowest BCUT2D eigenvalue weighted by Gasteiger charge is -2.23. The molecule has 2 aliphatic rings. The maximum atomic E-state index is 12.8. The van der Waals surface area contributed by atoms with E-state index in [9.17, 15) is 4.79 Å². The van der Waals surface area contributed by atoms with E-state index in [0.29, 0.717) is 17.9 Å². The summed E-state index contributed by atoms with van der Waals surface area (Å²) in [4.78, 5) is 12.8. The van der Waals surface area contributed by atoms with Gasteiger partial charge in [-0.2, -0.15) is 0 Å². The van der Waals surface area contributed by atoms with Crippen LogP contribution in [0.25, 0.3) is 0 Å². The molecule has 0 spiro atoms. The van der Waals surface area contributed by atoms with Crippen LogP contribution in [0.15, 0.2) is 0 Å². The Labute approximate surface area is 144 Å². The molecule has 1 N–H and O–H groups in total. The Bertz CT molecular complexity index is 293. The summed E-state index contributed by atoms with van der Waals surface area (Å²) in [6.45, 7) is 0. The highest BCUT2D eigenvalue weighted by Crippen LogP contribution is 2.23. The van der Waals surface area contributed by atoms with Gasteiger partial charge in [-0.1, -0.05) is 89.9 Å². The van der Waals surface area contributed by atoms with Gasteiger partial charge in [-0.25, -0.2) is 0 Å². The molecular formula is C21H39NO. The number of hydrogen-bond donors (Lipinski definition) is 1. The molecule has 0 aromatic heterocycles. The molecule has 2 heteroatoms. The number of rotatable bonds is 2. The van der Waals surface area contributed by atoms with Crippen molar-refractivity contribution in [1.29, 1.82) is 0 Å². The molecular weight excluding hydrogens is 282 g/mol. The van der Waals surface area contributed by atoms with Crippen LogP contribution in [0.4, 0.5) is 0 Å². The summed E-state index contributed by atoms with van der Waals surface area (Å²) >= 11 is 0. The van der Waals surface area contributed by atoms with E-state index in [4.69, 9.17) is 0 Å². The third kappa shape index (κ3) is 8.22. The monoisotopic (exact) mass is 321 g/mol. The summed E-state index contributed by atoms with van der Waals surface area (Å²) in [6.07, 6.45) is 23.5. The van der Waals surface area contributed by atoms with Crippen LogP contribution >= 0.6 is 0 Å². The van der Waals surface area contributed by atoms with Gasteiger partial charge in [-0.15, -0.1) is 0 Å². The zero-order valence-corrected chi connectivity index (χ0v) is 15.3. The molecule has 0 aromatic carbocycles. The van der Waals surface area contributed by atoms with Gasteiger partial charge in [-0.05, 0) is 25.7 Å². The van der Waals surface area contributed by atoms with E-state index in [2.05, 4.69) is 5.32 Å². The van der Waals surface area contributed by atoms with E-state index in [0.717, 1.165) is 12.8 Å². The number of carbonyl (C=O) groups is 1. The van der Waals surface area contributed by atoms with Crippen molar-refractivity contribution < 1.29 is 4.79 Å². The highest BCUT2D eigenvalue weighted by atomic mass is 16.1. The summed E-state index contributed by atoms with van der Waals surface area (Å²) in [5.74, 6) is 0.679. The van der Waals surface area contributed by atoms with Crippen molar-refractivity contribution in [3.8, 4) is 0 Å². The van der Waals surface area contributed by atoms with Crippen LogP contribution < -0.4 is 5.32 Å². The van der Waals surface area contributed by atoms with Crippen LogP contribution in [-0.4, -0.2) is 11.9 Å². The minimum Gasteiger partial charge on any atom is -0.353 e. The number of amides is 1.